The van der Waals surface area contributed by atoms with E-state index in [1.165, 1.54) is 19.3 Å². The molecular formula is C8H17N. The summed E-state index contributed by atoms with van der Waals surface area (Å²) < 4.78 is 0. The molecule has 0 unspecified atom stereocenters. The molecule has 0 aliphatic rings. The van der Waals surface area contributed by atoms with Crippen molar-refractivity contribution in [3.05, 3.63) is 12.3 Å². The molecule has 0 aromatic heterocycles. The van der Waals surface area contributed by atoms with Crippen LogP contribution in [0.2, 0.25) is 0 Å². The normalized spacial score (nSPS) is 13.1. The van der Waals surface area contributed by atoms with E-state index >= 15 is 0 Å². The molecule has 0 bridgehead atoms. The van der Waals surface area contributed by atoms with E-state index in [9.17, 15) is 0 Å². The molecule has 0 amide bonds. The fourth-order valence-corrected chi connectivity index (χ4v) is 0.696. The van der Waals surface area contributed by atoms with Crippen molar-refractivity contribution in [3.8, 4) is 0 Å². The number of nitrogens with two attached hydrogens (primary N) is 1. The van der Waals surface area contributed by atoms with Gasteiger partial charge in [0.1, 0.15) is 0 Å². The molecule has 0 saturated carbocycles. The summed E-state index contributed by atoms with van der Waals surface area (Å²) in [6.45, 7) is 8.00. The van der Waals surface area contributed by atoms with Gasteiger partial charge >= 0.3 is 0 Å². The second kappa shape index (κ2) is 4.42. The van der Waals surface area contributed by atoms with E-state index in [1.807, 2.05) is 0 Å². The van der Waals surface area contributed by atoms with E-state index in [-0.39, 0.29) is 0 Å². The van der Waals surface area contributed by atoms with Gasteiger partial charge in [-0.15, -0.1) is 0 Å². The van der Waals surface area contributed by atoms with Crippen molar-refractivity contribution in [2.24, 2.45) is 11.7 Å². The third-order valence-corrected chi connectivity index (χ3v) is 1.62. The first kappa shape index (κ1) is 8.54. The predicted molar refractivity (Wildman–Crippen MR) is 42.0 cm³/mol. The van der Waals surface area contributed by atoms with Gasteiger partial charge in [0.25, 0.3) is 0 Å². The lowest BCUT2D eigenvalue weighted by Crippen LogP contribution is -2.06. The predicted octanol–water partition coefficient (Wildman–Crippen LogP) is 2.29. The molecule has 0 spiro atoms. The van der Waals surface area contributed by atoms with E-state index in [0.29, 0.717) is 5.92 Å². The zero-order chi connectivity index (χ0) is 7.28. The molecule has 0 heterocycles. The molecule has 1 nitrogen and oxygen atoms in total. The largest absolute Gasteiger partial charge is 0.402 e. The highest BCUT2D eigenvalue weighted by Gasteiger charge is 2.00. The van der Waals surface area contributed by atoms with Gasteiger partial charge in [0, 0.05) is 5.70 Å². The summed E-state index contributed by atoms with van der Waals surface area (Å²) in [6.07, 6.45) is 3.70. The molecule has 0 radical (unpaired) electrons. The SMILES string of the molecule is C=C(N)[C@H](C)CCCC. The van der Waals surface area contributed by atoms with Crippen LogP contribution in [-0.4, -0.2) is 0 Å². The zero-order valence-electron chi connectivity index (χ0n) is 6.48. The molecule has 9 heavy (non-hydrogen) atoms. The first-order valence-corrected chi connectivity index (χ1v) is 3.62. The van der Waals surface area contributed by atoms with Crippen LogP contribution < -0.4 is 5.73 Å². The van der Waals surface area contributed by atoms with E-state index in [2.05, 4.69) is 20.4 Å². The number of rotatable bonds is 4. The molecule has 1 atom stereocenters. The quantitative estimate of drug-likeness (QED) is 0.616. The molecule has 54 valence electrons. The number of unbranched alkanes of at least 4 members (excludes halogenated alkanes) is 1. The van der Waals surface area contributed by atoms with Gasteiger partial charge in [0.05, 0.1) is 0 Å². The van der Waals surface area contributed by atoms with Crippen LogP contribution in [-0.2, 0) is 0 Å². The number of hydrogen-bond acceptors (Lipinski definition) is 1. The van der Waals surface area contributed by atoms with Crippen molar-refractivity contribution in [1.29, 1.82) is 0 Å². The summed E-state index contributed by atoms with van der Waals surface area (Å²) in [5.74, 6) is 0.505. The third kappa shape index (κ3) is 4.07. The Kier molecular flexibility index (Phi) is 4.20. The minimum Gasteiger partial charge on any atom is -0.402 e. The van der Waals surface area contributed by atoms with Gasteiger partial charge in [-0.05, 0) is 12.3 Å². The lowest BCUT2D eigenvalue weighted by atomic mass is 10.0. The molecule has 1 heteroatoms. The van der Waals surface area contributed by atoms with E-state index in [4.69, 9.17) is 5.73 Å². The molecule has 0 saturated heterocycles. The van der Waals surface area contributed by atoms with Crippen LogP contribution in [0.4, 0.5) is 0 Å². The van der Waals surface area contributed by atoms with E-state index < -0.39 is 0 Å². The van der Waals surface area contributed by atoms with Gasteiger partial charge in [0.2, 0.25) is 0 Å². The second-order valence-corrected chi connectivity index (χ2v) is 2.62. The van der Waals surface area contributed by atoms with Crippen LogP contribution >= 0.6 is 0 Å². The Labute approximate surface area is 57.9 Å². The maximum absolute atomic E-state index is 5.48. The van der Waals surface area contributed by atoms with Crippen LogP contribution in [0.25, 0.3) is 0 Å². The molecule has 2 N–H and O–H groups in total. The van der Waals surface area contributed by atoms with Gasteiger partial charge in [0.15, 0.2) is 0 Å². The molecule has 0 aliphatic carbocycles. The molecule has 0 rings (SSSR count). The van der Waals surface area contributed by atoms with Crippen LogP contribution in [0, 0.1) is 5.92 Å². The number of hydrogen-bond donors (Lipinski definition) is 1. The van der Waals surface area contributed by atoms with Crippen LogP contribution in [0.1, 0.15) is 33.1 Å². The Morgan fingerprint density at radius 1 is 1.67 bits per heavy atom. The van der Waals surface area contributed by atoms with Crippen molar-refractivity contribution < 1.29 is 0 Å². The zero-order valence-corrected chi connectivity index (χ0v) is 6.48. The van der Waals surface area contributed by atoms with Gasteiger partial charge in [-0.2, -0.15) is 0 Å². The maximum atomic E-state index is 5.48. The third-order valence-electron chi connectivity index (χ3n) is 1.62. The van der Waals surface area contributed by atoms with Crippen LogP contribution in [0.3, 0.4) is 0 Å². The average Bonchev–Trinajstić information content (AvgIpc) is 1.82. The van der Waals surface area contributed by atoms with Gasteiger partial charge in [-0.3, -0.25) is 0 Å². The standard InChI is InChI=1S/C8H17N/c1-4-5-6-7(2)8(3)9/h7H,3-6,9H2,1-2H3/t7-/m1/s1. The summed E-state index contributed by atoms with van der Waals surface area (Å²) in [5, 5.41) is 0. The number of allylic oxidation sites excluding steroid dienone is 1. The Hall–Kier alpha value is -0.460. The minimum atomic E-state index is 0.505. The highest BCUT2D eigenvalue weighted by molar-refractivity contribution is 4.91. The van der Waals surface area contributed by atoms with E-state index in [0.717, 1.165) is 5.70 Å². The summed E-state index contributed by atoms with van der Waals surface area (Å²) in [6, 6.07) is 0. The Balaban J connectivity index is 3.27. The summed E-state index contributed by atoms with van der Waals surface area (Å²) in [7, 11) is 0. The second-order valence-electron chi connectivity index (χ2n) is 2.62. The fraction of sp³-hybridized carbons (Fsp3) is 0.750. The smallest absolute Gasteiger partial charge is 0.00362 e. The van der Waals surface area contributed by atoms with Crippen molar-refractivity contribution in [3.63, 3.8) is 0 Å². The maximum Gasteiger partial charge on any atom is 0.00362 e. The Morgan fingerprint density at radius 3 is 2.56 bits per heavy atom. The minimum absolute atomic E-state index is 0.505. The van der Waals surface area contributed by atoms with Crippen molar-refractivity contribution in [2.45, 2.75) is 33.1 Å². The van der Waals surface area contributed by atoms with Gasteiger partial charge in [-0.1, -0.05) is 33.3 Å². The first-order valence-electron chi connectivity index (χ1n) is 3.62. The first-order chi connectivity index (χ1) is 4.18. The van der Waals surface area contributed by atoms with Crippen molar-refractivity contribution in [2.75, 3.05) is 0 Å². The molecule has 0 aromatic rings. The fourth-order valence-electron chi connectivity index (χ4n) is 0.696. The Morgan fingerprint density at radius 2 is 2.22 bits per heavy atom. The van der Waals surface area contributed by atoms with Gasteiger partial charge < -0.3 is 5.73 Å². The topological polar surface area (TPSA) is 26.0 Å². The van der Waals surface area contributed by atoms with Crippen LogP contribution in [0.5, 0.6) is 0 Å². The highest BCUT2D eigenvalue weighted by Crippen LogP contribution is 2.10. The molecule has 0 aliphatic heterocycles. The highest BCUT2D eigenvalue weighted by atomic mass is 14.6. The lowest BCUT2D eigenvalue weighted by molar-refractivity contribution is 0.569. The average molecular weight is 127 g/mol. The monoisotopic (exact) mass is 127 g/mol. The van der Waals surface area contributed by atoms with Crippen molar-refractivity contribution >= 4 is 0 Å². The van der Waals surface area contributed by atoms with Gasteiger partial charge in [-0.25, -0.2) is 0 Å². The Bertz CT molecular complexity index is 86.6. The summed E-state index contributed by atoms with van der Waals surface area (Å²) in [4.78, 5) is 0. The summed E-state index contributed by atoms with van der Waals surface area (Å²) >= 11 is 0. The van der Waals surface area contributed by atoms with E-state index in [1.54, 1.807) is 0 Å². The molecule has 0 fully saturated rings. The summed E-state index contributed by atoms with van der Waals surface area (Å²) in [5.41, 5.74) is 6.30. The molecule has 0 aromatic carbocycles. The van der Waals surface area contributed by atoms with Crippen molar-refractivity contribution in [1.82, 2.24) is 0 Å². The lowest BCUT2D eigenvalue weighted by Gasteiger charge is -2.08. The molecular weight excluding hydrogens is 110 g/mol. The van der Waals surface area contributed by atoms with Crippen LogP contribution in [0.15, 0.2) is 12.3 Å².